The summed E-state index contributed by atoms with van der Waals surface area (Å²) in [7, 11) is 20.9. The van der Waals surface area contributed by atoms with Gasteiger partial charge in [-0.3, -0.25) is 9.59 Å². The lowest BCUT2D eigenvalue weighted by Crippen LogP contribution is -2.52. The van der Waals surface area contributed by atoms with Crippen LogP contribution in [0, 0.1) is 0 Å². The van der Waals surface area contributed by atoms with Crippen LogP contribution >= 0.6 is 0 Å². The van der Waals surface area contributed by atoms with Crippen LogP contribution in [0.15, 0.2) is 60.7 Å². The number of ether oxygens (including phenoxy) is 12. The first kappa shape index (κ1) is 56.8. The van der Waals surface area contributed by atoms with Crippen LogP contribution in [0.1, 0.15) is 84.0 Å². The zero-order chi connectivity index (χ0) is 53.4. The maximum Gasteiger partial charge on any atom is 0.306 e. The molecule has 0 radical (unpaired) electrons. The highest BCUT2D eigenvalue weighted by Crippen LogP contribution is 2.47. The molecule has 0 aromatic heterocycles. The van der Waals surface area contributed by atoms with Crippen molar-refractivity contribution in [3.05, 3.63) is 94.1 Å². The maximum atomic E-state index is 12.9. The summed E-state index contributed by atoms with van der Waals surface area (Å²) in [5.74, 6) is 5.81. The summed E-state index contributed by atoms with van der Waals surface area (Å²) in [5, 5.41) is 0. The van der Waals surface area contributed by atoms with Crippen LogP contribution in [-0.2, 0) is 44.7 Å². The lowest BCUT2D eigenvalue weighted by atomic mass is 9.86. The van der Waals surface area contributed by atoms with Crippen LogP contribution in [0.5, 0.6) is 57.5 Å². The second-order valence-corrected chi connectivity index (χ2v) is 19.4. The molecule has 2 heterocycles. The number of esters is 2. The minimum Gasteiger partial charge on any atom is -0.493 e. The first-order valence-corrected chi connectivity index (χ1v) is 25.5. The van der Waals surface area contributed by atoms with Crippen molar-refractivity contribution in [1.29, 1.82) is 0 Å². The molecule has 0 saturated heterocycles. The topological polar surface area (TPSA) is 145 Å². The van der Waals surface area contributed by atoms with Gasteiger partial charge in [0.15, 0.2) is 46.0 Å². The highest BCUT2D eigenvalue weighted by molar-refractivity contribution is 5.70. The van der Waals surface area contributed by atoms with E-state index >= 15 is 0 Å². The number of carbonyl (C=O) groups is 2. The van der Waals surface area contributed by atoms with Gasteiger partial charge in [-0.05, 0) is 83.6 Å². The summed E-state index contributed by atoms with van der Waals surface area (Å²) in [6.45, 7) is 4.02. The van der Waals surface area contributed by atoms with E-state index in [2.05, 4.69) is 38.4 Å². The van der Waals surface area contributed by atoms with Crippen molar-refractivity contribution < 1.29 is 75.4 Å². The Morgan fingerprint density at radius 1 is 0.459 bits per heavy atom. The molecule has 0 fully saturated rings. The number of likely N-dealkylation sites (N-methyl/N-ethyl adjacent to an activating group) is 2. The zero-order valence-electron chi connectivity index (χ0n) is 45.9. The van der Waals surface area contributed by atoms with Gasteiger partial charge in [0.2, 0.25) is 11.5 Å². The summed E-state index contributed by atoms with van der Waals surface area (Å²) in [4.78, 5) is 25.7. The Balaban J connectivity index is 0.967. The number of hydrogen-bond donors (Lipinski definition) is 0. The molecule has 16 nitrogen and oxygen atoms in total. The molecule has 0 amide bonds. The SMILES string of the molecule is COc1cc2c(cc1OC)[C@@H](Cc1cc(OC)c(OC)c(OC)c1)[N@@+](C)(CCCOC(=O)CC/C=C/CCC(=O)OCCC[N@+]1(C)CCc3cc(OC)c(OC)cc3[C@@H]1Cc1cc(OC)c(OC)c(OC)c1)CC2. The number of hydrogen-bond acceptors (Lipinski definition) is 14. The molecule has 16 heteroatoms. The summed E-state index contributed by atoms with van der Waals surface area (Å²) in [6.07, 6.45) is 9.94. The van der Waals surface area contributed by atoms with Gasteiger partial charge in [-0.25, -0.2) is 0 Å². The van der Waals surface area contributed by atoms with Gasteiger partial charge in [-0.15, -0.1) is 0 Å². The summed E-state index contributed by atoms with van der Waals surface area (Å²) in [5.41, 5.74) is 6.93. The lowest BCUT2D eigenvalue weighted by molar-refractivity contribution is -0.941. The quantitative estimate of drug-likeness (QED) is 0.0231. The maximum absolute atomic E-state index is 12.9. The first-order valence-electron chi connectivity index (χ1n) is 25.5. The summed E-state index contributed by atoms with van der Waals surface area (Å²) >= 11 is 0. The molecule has 2 aliphatic heterocycles. The Morgan fingerprint density at radius 3 is 1.09 bits per heavy atom. The number of benzene rings is 4. The summed E-state index contributed by atoms with van der Waals surface area (Å²) in [6, 6.07) is 16.5. The number of methoxy groups -OCH3 is 10. The van der Waals surface area contributed by atoms with E-state index in [1.54, 1.807) is 71.1 Å². The molecule has 0 spiro atoms. The van der Waals surface area contributed by atoms with E-state index in [9.17, 15) is 9.59 Å². The van der Waals surface area contributed by atoms with E-state index < -0.39 is 0 Å². The molecular formula is C58H80N2O14+2. The van der Waals surface area contributed by atoms with E-state index in [1.165, 1.54) is 22.3 Å². The number of fused-ring (bicyclic) bond motifs is 2. The number of allylic oxidation sites excluding steroid dienone is 2. The molecule has 2 aliphatic rings. The van der Waals surface area contributed by atoms with E-state index in [4.69, 9.17) is 56.8 Å². The standard InChI is InChI=1S/C58H80N2O14/c1-59(25-21-41-35-47(63-3)49(65-5)37-43(41)45(59)29-39-31-51(67-7)57(71-11)52(32-39)68-8)23-17-27-73-55(61)19-15-13-14-16-20-56(62)74-28-18-24-60(2)26-22-42-36-48(64-4)50(66-6)38-44(42)46(60)30-40-33-53(69-9)58(72-12)54(34-40)70-10/h13-14,31-38,45-46H,15-30H2,1-12H3/q+2/b14-13+/t45-,46+,59+,60-. The fourth-order valence-corrected chi connectivity index (χ4v) is 10.8. The minimum absolute atomic E-state index is 0.0551. The Hall–Kier alpha value is -6.52. The van der Waals surface area contributed by atoms with Crippen molar-refractivity contribution in [1.82, 2.24) is 0 Å². The van der Waals surface area contributed by atoms with Crippen LogP contribution in [0.4, 0.5) is 0 Å². The fourth-order valence-electron chi connectivity index (χ4n) is 10.8. The average Bonchev–Trinajstić information content (AvgIpc) is 3.42. The van der Waals surface area contributed by atoms with Gasteiger partial charge in [0.1, 0.15) is 12.1 Å². The Bertz CT molecular complexity index is 2340. The second-order valence-electron chi connectivity index (χ2n) is 19.4. The van der Waals surface area contributed by atoms with Gasteiger partial charge < -0.3 is 65.8 Å². The lowest BCUT2D eigenvalue weighted by Gasteiger charge is -2.46. The molecule has 0 saturated carbocycles. The van der Waals surface area contributed by atoms with Gasteiger partial charge in [-0.2, -0.15) is 0 Å². The highest BCUT2D eigenvalue weighted by Gasteiger charge is 2.42. The Labute approximate surface area is 438 Å². The zero-order valence-corrected chi connectivity index (χ0v) is 45.9. The predicted molar refractivity (Wildman–Crippen MR) is 282 cm³/mol. The predicted octanol–water partition coefficient (Wildman–Crippen LogP) is 9.03. The number of nitrogens with zero attached hydrogens (tertiary/aromatic N) is 2. The van der Waals surface area contributed by atoms with Crippen molar-refractivity contribution in [3.63, 3.8) is 0 Å². The van der Waals surface area contributed by atoms with E-state index in [-0.39, 0.29) is 36.9 Å². The van der Waals surface area contributed by atoms with E-state index in [0.29, 0.717) is 109 Å². The smallest absolute Gasteiger partial charge is 0.306 e. The highest BCUT2D eigenvalue weighted by atomic mass is 16.6. The van der Waals surface area contributed by atoms with Gasteiger partial charge in [0.05, 0.1) is 125 Å². The Kier molecular flexibility index (Phi) is 20.4. The molecule has 0 unspecified atom stereocenters. The number of rotatable bonds is 28. The second kappa shape index (κ2) is 26.6. The third-order valence-electron chi connectivity index (χ3n) is 15.0. The number of carbonyl (C=O) groups excluding carboxylic acids is 2. The third kappa shape index (κ3) is 13.4. The van der Waals surface area contributed by atoms with Crippen LogP contribution in [-0.4, -0.2) is 145 Å². The fraction of sp³-hybridized carbons (Fsp3) is 0.517. The van der Waals surface area contributed by atoms with E-state index in [1.807, 2.05) is 36.4 Å². The first-order chi connectivity index (χ1) is 35.7. The van der Waals surface area contributed by atoms with Gasteiger partial charge in [0.25, 0.3) is 0 Å². The minimum atomic E-state index is -0.246. The van der Waals surface area contributed by atoms with Crippen molar-refractivity contribution in [2.24, 2.45) is 0 Å². The normalized spacial score (nSPS) is 18.9. The van der Waals surface area contributed by atoms with Crippen LogP contribution in [0.3, 0.4) is 0 Å². The average molecular weight is 1030 g/mol. The molecule has 4 atom stereocenters. The molecule has 0 bridgehead atoms. The molecular weight excluding hydrogens is 949 g/mol. The Morgan fingerprint density at radius 2 is 0.784 bits per heavy atom. The molecule has 404 valence electrons. The largest absolute Gasteiger partial charge is 0.493 e. The van der Waals surface area contributed by atoms with E-state index in [0.717, 1.165) is 59.1 Å². The molecule has 0 aliphatic carbocycles. The third-order valence-corrected chi connectivity index (χ3v) is 15.0. The van der Waals surface area contributed by atoms with Crippen LogP contribution < -0.4 is 47.4 Å². The van der Waals surface area contributed by atoms with Gasteiger partial charge >= 0.3 is 11.9 Å². The molecule has 6 rings (SSSR count). The van der Waals surface area contributed by atoms with Crippen molar-refractivity contribution in [2.75, 3.05) is 125 Å². The van der Waals surface area contributed by atoms with Crippen LogP contribution in [0.25, 0.3) is 0 Å². The van der Waals surface area contributed by atoms with Crippen molar-refractivity contribution in [3.8, 4) is 57.5 Å². The molecule has 4 aromatic rings. The molecule has 74 heavy (non-hydrogen) atoms. The molecule has 4 aromatic carbocycles. The van der Waals surface area contributed by atoms with Gasteiger partial charge in [-0.1, -0.05) is 12.2 Å². The van der Waals surface area contributed by atoms with Crippen molar-refractivity contribution >= 4 is 11.9 Å². The summed E-state index contributed by atoms with van der Waals surface area (Å²) < 4.78 is 69.8. The van der Waals surface area contributed by atoms with Crippen molar-refractivity contribution in [2.45, 2.75) is 76.3 Å². The molecule has 0 N–H and O–H groups in total. The van der Waals surface area contributed by atoms with Gasteiger partial charge in [0, 0.05) is 62.5 Å². The monoisotopic (exact) mass is 1030 g/mol. The number of quaternary nitrogens is 2. The van der Waals surface area contributed by atoms with Crippen LogP contribution in [0.2, 0.25) is 0 Å².